The largest absolute Gasteiger partial charge is 0.0654 e. The standard InChI is InChI=1S/C18H15P.C7H16/c1-4-10-16(11-5-1)19(17-12-6-2-7-13-17)18-14-8-3-9-15-18;1-3-5-7-6-4-2/h1-15H;3-7H2,1-2H3. The summed E-state index contributed by atoms with van der Waals surface area (Å²) in [5, 5.41) is 4.19. The van der Waals surface area contributed by atoms with Crippen LogP contribution in [0.3, 0.4) is 0 Å². The summed E-state index contributed by atoms with van der Waals surface area (Å²) in [6.45, 7) is 4.49. The highest BCUT2D eigenvalue weighted by Gasteiger charge is 2.14. The van der Waals surface area contributed by atoms with Gasteiger partial charge in [-0.1, -0.05) is 137 Å². The van der Waals surface area contributed by atoms with Crippen molar-refractivity contribution < 1.29 is 0 Å². The van der Waals surface area contributed by atoms with Crippen LogP contribution in [0.15, 0.2) is 91.0 Å². The van der Waals surface area contributed by atoms with Crippen LogP contribution in [0.1, 0.15) is 46.0 Å². The molecule has 0 fully saturated rings. The van der Waals surface area contributed by atoms with Crippen LogP contribution in [0.25, 0.3) is 0 Å². The summed E-state index contributed by atoms with van der Waals surface area (Å²) < 4.78 is 0. The van der Waals surface area contributed by atoms with Gasteiger partial charge in [0.05, 0.1) is 0 Å². The van der Waals surface area contributed by atoms with Gasteiger partial charge < -0.3 is 0 Å². The molecule has 26 heavy (non-hydrogen) atoms. The molecule has 0 saturated carbocycles. The molecule has 0 aliphatic carbocycles. The van der Waals surface area contributed by atoms with Crippen molar-refractivity contribution in [2.45, 2.75) is 46.0 Å². The van der Waals surface area contributed by atoms with E-state index in [1.54, 1.807) is 0 Å². The lowest BCUT2D eigenvalue weighted by atomic mass is 10.2. The zero-order chi connectivity index (χ0) is 18.5. The molecule has 0 amide bonds. The first kappa shape index (κ1) is 20.4. The molecule has 0 heterocycles. The van der Waals surface area contributed by atoms with Gasteiger partial charge in [-0.2, -0.15) is 0 Å². The Morgan fingerprint density at radius 3 is 1.04 bits per heavy atom. The van der Waals surface area contributed by atoms with Crippen molar-refractivity contribution in [2.75, 3.05) is 0 Å². The van der Waals surface area contributed by atoms with Crippen molar-refractivity contribution in [3.8, 4) is 0 Å². The predicted octanol–water partition coefficient (Wildman–Crippen LogP) is 6.42. The zero-order valence-corrected chi connectivity index (χ0v) is 17.0. The summed E-state index contributed by atoms with van der Waals surface area (Å²) in [6, 6.07) is 32.3. The third kappa shape index (κ3) is 6.77. The number of benzene rings is 3. The van der Waals surface area contributed by atoms with Crippen LogP contribution >= 0.6 is 7.92 Å². The fraction of sp³-hybridized carbons (Fsp3) is 0.280. The summed E-state index contributed by atoms with van der Waals surface area (Å²) >= 11 is 0. The number of unbranched alkanes of at least 4 members (excludes halogenated alkanes) is 4. The molecule has 0 nitrogen and oxygen atoms in total. The minimum Gasteiger partial charge on any atom is -0.0654 e. The lowest BCUT2D eigenvalue weighted by Crippen LogP contribution is -2.20. The molecule has 0 unspecified atom stereocenters. The summed E-state index contributed by atoms with van der Waals surface area (Å²) in [6.07, 6.45) is 7.01. The SMILES string of the molecule is CCCCCCC.c1ccc(P(c2ccccc2)c2ccccc2)cc1. The van der Waals surface area contributed by atoms with Gasteiger partial charge in [0.25, 0.3) is 0 Å². The highest BCUT2D eigenvalue weighted by atomic mass is 31.1. The van der Waals surface area contributed by atoms with Crippen LogP contribution in [-0.2, 0) is 0 Å². The molecule has 1 heteroatoms. The van der Waals surface area contributed by atoms with E-state index < -0.39 is 7.92 Å². The fourth-order valence-corrected chi connectivity index (χ4v) is 5.16. The second-order valence-electron chi connectivity index (χ2n) is 6.40. The van der Waals surface area contributed by atoms with Crippen molar-refractivity contribution in [1.82, 2.24) is 0 Å². The Hall–Kier alpha value is -1.91. The van der Waals surface area contributed by atoms with E-state index >= 15 is 0 Å². The Morgan fingerprint density at radius 2 is 0.769 bits per heavy atom. The monoisotopic (exact) mass is 362 g/mol. The molecule has 0 aliphatic heterocycles. The van der Waals surface area contributed by atoms with Crippen LogP contribution in [0.4, 0.5) is 0 Å². The van der Waals surface area contributed by atoms with E-state index in [1.165, 1.54) is 48.0 Å². The average molecular weight is 362 g/mol. The lowest BCUT2D eigenvalue weighted by Gasteiger charge is -2.18. The van der Waals surface area contributed by atoms with Gasteiger partial charge in [-0.15, -0.1) is 0 Å². The van der Waals surface area contributed by atoms with Gasteiger partial charge in [0.15, 0.2) is 0 Å². The Morgan fingerprint density at radius 1 is 0.462 bits per heavy atom. The molecule has 0 atom stereocenters. The van der Waals surface area contributed by atoms with Crippen LogP contribution in [0.5, 0.6) is 0 Å². The maximum atomic E-state index is 2.25. The van der Waals surface area contributed by atoms with Gasteiger partial charge in [-0.05, 0) is 23.8 Å². The Bertz CT molecular complexity index is 594. The normalized spacial score (nSPS) is 10.3. The molecule has 136 valence electrons. The highest BCUT2D eigenvalue weighted by Crippen LogP contribution is 2.32. The van der Waals surface area contributed by atoms with Gasteiger partial charge >= 0.3 is 0 Å². The minimum atomic E-state index is -0.446. The molecule has 0 spiro atoms. The maximum absolute atomic E-state index is 2.25. The molecule has 0 bridgehead atoms. The van der Waals surface area contributed by atoms with Crippen molar-refractivity contribution in [1.29, 1.82) is 0 Å². The summed E-state index contributed by atoms with van der Waals surface area (Å²) in [4.78, 5) is 0. The highest BCUT2D eigenvalue weighted by molar-refractivity contribution is 7.79. The first-order chi connectivity index (χ1) is 12.9. The first-order valence-corrected chi connectivity index (χ1v) is 11.2. The molecule has 0 radical (unpaired) electrons. The van der Waals surface area contributed by atoms with Gasteiger partial charge in [-0.3, -0.25) is 0 Å². The van der Waals surface area contributed by atoms with E-state index in [2.05, 4.69) is 105 Å². The smallest absolute Gasteiger partial charge is 0.0134 e. The Kier molecular flexibility index (Phi) is 9.77. The van der Waals surface area contributed by atoms with Crippen LogP contribution in [0, 0.1) is 0 Å². The molecule has 3 aromatic carbocycles. The number of rotatable bonds is 7. The van der Waals surface area contributed by atoms with Crippen molar-refractivity contribution in [2.24, 2.45) is 0 Å². The fourth-order valence-electron chi connectivity index (χ4n) is 2.86. The van der Waals surface area contributed by atoms with Crippen molar-refractivity contribution >= 4 is 23.8 Å². The van der Waals surface area contributed by atoms with E-state index in [1.807, 2.05) is 0 Å². The zero-order valence-electron chi connectivity index (χ0n) is 16.1. The van der Waals surface area contributed by atoms with E-state index in [-0.39, 0.29) is 0 Å². The second kappa shape index (κ2) is 12.4. The van der Waals surface area contributed by atoms with Crippen molar-refractivity contribution in [3.63, 3.8) is 0 Å². The quantitative estimate of drug-likeness (QED) is 0.336. The van der Waals surface area contributed by atoms with Crippen molar-refractivity contribution in [3.05, 3.63) is 91.0 Å². The van der Waals surface area contributed by atoms with Crippen LogP contribution < -0.4 is 15.9 Å². The van der Waals surface area contributed by atoms with Gasteiger partial charge in [-0.25, -0.2) is 0 Å². The molecule has 0 N–H and O–H groups in total. The van der Waals surface area contributed by atoms with E-state index in [0.29, 0.717) is 0 Å². The Labute approximate surface area is 161 Å². The van der Waals surface area contributed by atoms with E-state index in [0.717, 1.165) is 0 Å². The Balaban J connectivity index is 0.000000298. The third-order valence-corrected chi connectivity index (χ3v) is 6.69. The van der Waals surface area contributed by atoms with Gasteiger partial charge in [0, 0.05) is 0 Å². The van der Waals surface area contributed by atoms with Gasteiger partial charge in [0.2, 0.25) is 0 Å². The first-order valence-electron chi connectivity index (χ1n) is 9.82. The number of hydrogen-bond donors (Lipinski definition) is 0. The number of hydrogen-bond acceptors (Lipinski definition) is 0. The average Bonchev–Trinajstić information content (AvgIpc) is 2.72. The van der Waals surface area contributed by atoms with Gasteiger partial charge in [0.1, 0.15) is 0 Å². The van der Waals surface area contributed by atoms with Crippen LogP contribution in [0.2, 0.25) is 0 Å². The summed E-state index contributed by atoms with van der Waals surface area (Å²) in [5.41, 5.74) is 0. The van der Waals surface area contributed by atoms with Crippen LogP contribution in [-0.4, -0.2) is 0 Å². The maximum Gasteiger partial charge on any atom is -0.0134 e. The summed E-state index contributed by atoms with van der Waals surface area (Å²) in [7, 11) is -0.446. The topological polar surface area (TPSA) is 0 Å². The third-order valence-electron chi connectivity index (χ3n) is 4.25. The molecule has 0 aliphatic rings. The van der Waals surface area contributed by atoms with E-state index in [4.69, 9.17) is 0 Å². The van der Waals surface area contributed by atoms with E-state index in [9.17, 15) is 0 Å². The summed E-state index contributed by atoms with van der Waals surface area (Å²) in [5.74, 6) is 0. The molecule has 3 aromatic rings. The lowest BCUT2D eigenvalue weighted by molar-refractivity contribution is 0.656. The molecular weight excluding hydrogens is 331 g/mol. The molecule has 3 rings (SSSR count). The second-order valence-corrected chi connectivity index (χ2v) is 8.62. The molecular formula is C25H31P. The minimum absolute atomic E-state index is 0.446. The predicted molar refractivity (Wildman–Crippen MR) is 120 cm³/mol. The molecule has 0 aromatic heterocycles. The molecule has 0 saturated heterocycles.